The van der Waals surface area contributed by atoms with Gasteiger partial charge in [0, 0.05) is 18.6 Å². The molecule has 0 bridgehead atoms. The number of amides is 1. The van der Waals surface area contributed by atoms with Crippen LogP contribution in [0.15, 0.2) is 42.5 Å². The van der Waals surface area contributed by atoms with Crippen LogP contribution in [0.2, 0.25) is 5.02 Å². The maximum absolute atomic E-state index is 12.3. The Hall–Kier alpha value is -2.20. The Labute approximate surface area is 216 Å². The SMILES string of the molecule is CCOc1ccc(Cc2cc([C@@H]3O[C@H](CN4CCC[C@H]4C(=O)NC)[C@@H](O)C(O)[C@H]3O)ccc2Cl)cc1. The van der Waals surface area contributed by atoms with Crippen molar-refractivity contribution in [1.29, 1.82) is 0 Å². The zero-order chi connectivity index (χ0) is 25.8. The van der Waals surface area contributed by atoms with Crippen molar-refractivity contribution in [3.8, 4) is 5.75 Å². The summed E-state index contributed by atoms with van der Waals surface area (Å²) in [6.45, 7) is 3.50. The smallest absolute Gasteiger partial charge is 0.237 e. The van der Waals surface area contributed by atoms with E-state index in [1.807, 2.05) is 42.2 Å². The predicted octanol–water partition coefficient (Wildman–Crippen LogP) is 2.06. The second kappa shape index (κ2) is 11.9. The lowest BCUT2D eigenvalue weighted by atomic mass is 9.89. The van der Waals surface area contributed by atoms with E-state index >= 15 is 0 Å². The fourth-order valence-electron chi connectivity index (χ4n) is 5.11. The van der Waals surface area contributed by atoms with E-state index < -0.39 is 30.5 Å². The van der Waals surface area contributed by atoms with Gasteiger partial charge in [0.05, 0.1) is 18.8 Å². The van der Waals surface area contributed by atoms with E-state index in [0.717, 1.165) is 29.7 Å². The van der Waals surface area contributed by atoms with Gasteiger partial charge < -0.3 is 30.1 Å². The van der Waals surface area contributed by atoms with Crippen molar-refractivity contribution < 1.29 is 29.6 Å². The average molecular weight is 519 g/mol. The third-order valence-electron chi connectivity index (χ3n) is 7.07. The highest BCUT2D eigenvalue weighted by Gasteiger charge is 2.46. The number of benzene rings is 2. The summed E-state index contributed by atoms with van der Waals surface area (Å²) in [5.41, 5.74) is 2.56. The number of aliphatic hydroxyl groups excluding tert-OH is 3. The van der Waals surface area contributed by atoms with E-state index in [2.05, 4.69) is 5.32 Å². The lowest BCUT2D eigenvalue weighted by Gasteiger charge is -2.42. The molecule has 4 rings (SSSR count). The van der Waals surface area contributed by atoms with E-state index in [4.69, 9.17) is 21.1 Å². The summed E-state index contributed by atoms with van der Waals surface area (Å²) in [5, 5.41) is 35.4. The first-order chi connectivity index (χ1) is 17.3. The van der Waals surface area contributed by atoms with Crippen LogP contribution in [0.4, 0.5) is 0 Å². The van der Waals surface area contributed by atoms with Crippen LogP contribution in [0.5, 0.6) is 5.75 Å². The van der Waals surface area contributed by atoms with Crippen LogP contribution in [-0.2, 0) is 16.0 Å². The Morgan fingerprint density at radius 2 is 1.89 bits per heavy atom. The molecule has 2 aromatic rings. The average Bonchev–Trinajstić information content (AvgIpc) is 3.35. The van der Waals surface area contributed by atoms with E-state index in [1.165, 1.54) is 0 Å². The van der Waals surface area contributed by atoms with Gasteiger partial charge in [0.25, 0.3) is 0 Å². The van der Waals surface area contributed by atoms with Crippen LogP contribution in [0.25, 0.3) is 0 Å². The van der Waals surface area contributed by atoms with Crippen molar-refractivity contribution >= 4 is 17.5 Å². The molecule has 2 fully saturated rings. The zero-order valence-corrected chi connectivity index (χ0v) is 21.4. The Balaban J connectivity index is 1.52. The van der Waals surface area contributed by atoms with Crippen LogP contribution in [0.3, 0.4) is 0 Å². The van der Waals surface area contributed by atoms with E-state index in [1.54, 1.807) is 19.2 Å². The van der Waals surface area contributed by atoms with Crippen molar-refractivity contribution in [3.63, 3.8) is 0 Å². The fourth-order valence-corrected chi connectivity index (χ4v) is 5.30. The summed E-state index contributed by atoms with van der Waals surface area (Å²) in [4.78, 5) is 14.2. The van der Waals surface area contributed by atoms with Gasteiger partial charge in [-0.2, -0.15) is 0 Å². The molecule has 0 radical (unpaired) electrons. The van der Waals surface area contributed by atoms with Gasteiger partial charge in [-0.1, -0.05) is 35.9 Å². The van der Waals surface area contributed by atoms with Crippen LogP contribution in [-0.4, -0.2) is 83.3 Å². The molecule has 1 amide bonds. The van der Waals surface area contributed by atoms with Gasteiger partial charge in [-0.25, -0.2) is 0 Å². The second-order valence-electron chi connectivity index (χ2n) is 9.44. The largest absolute Gasteiger partial charge is 0.494 e. The summed E-state index contributed by atoms with van der Waals surface area (Å²) >= 11 is 6.49. The number of halogens is 1. The van der Waals surface area contributed by atoms with Gasteiger partial charge in [0.15, 0.2) is 0 Å². The molecule has 2 saturated heterocycles. The predicted molar refractivity (Wildman–Crippen MR) is 136 cm³/mol. The van der Waals surface area contributed by atoms with Gasteiger partial charge in [0.2, 0.25) is 5.91 Å². The van der Waals surface area contributed by atoms with Crippen LogP contribution < -0.4 is 10.1 Å². The highest BCUT2D eigenvalue weighted by molar-refractivity contribution is 6.31. The van der Waals surface area contributed by atoms with Gasteiger partial charge in [-0.3, -0.25) is 9.69 Å². The summed E-state index contributed by atoms with van der Waals surface area (Å²) in [5.74, 6) is 0.724. The van der Waals surface area contributed by atoms with Gasteiger partial charge in [-0.15, -0.1) is 0 Å². The van der Waals surface area contributed by atoms with Gasteiger partial charge in [0.1, 0.15) is 30.2 Å². The number of likely N-dealkylation sites (N-methyl/N-ethyl adjacent to an activating group) is 1. The minimum Gasteiger partial charge on any atom is -0.494 e. The van der Waals surface area contributed by atoms with Gasteiger partial charge >= 0.3 is 0 Å². The maximum Gasteiger partial charge on any atom is 0.237 e. The van der Waals surface area contributed by atoms with E-state index in [-0.39, 0.29) is 18.5 Å². The number of nitrogens with one attached hydrogen (secondary N) is 1. The standard InChI is InChI=1S/C27H35ClN2O6/c1-3-35-19-9-6-16(7-10-19)13-18-14-17(8-11-20(18)28)26-25(33)24(32)23(31)22(36-26)15-30-12-4-5-21(30)27(34)29-2/h6-11,14,21-26,31-33H,3-5,12-13,15H2,1-2H3,(H,29,34)/t21-,22+,23+,24?,25+,26-/m0/s1. The van der Waals surface area contributed by atoms with Gasteiger partial charge in [-0.05, 0) is 67.6 Å². The van der Waals surface area contributed by atoms with E-state index in [0.29, 0.717) is 30.2 Å². The lowest BCUT2D eigenvalue weighted by Crippen LogP contribution is -2.58. The number of nitrogens with zero attached hydrogens (tertiary/aromatic N) is 1. The highest BCUT2D eigenvalue weighted by Crippen LogP contribution is 2.35. The lowest BCUT2D eigenvalue weighted by molar-refractivity contribution is -0.228. The second-order valence-corrected chi connectivity index (χ2v) is 9.85. The van der Waals surface area contributed by atoms with Crippen molar-refractivity contribution in [2.75, 3.05) is 26.7 Å². The number of carbonyl (C=O) groups is 1. The number of carbonyl (C=O) groups excluding carboxylic acids is 1. The molecule has 0 spiro atoms. The van der Waals surface area contributed by atoms with Crippen molar-refractivity contribution in [2.45, 2.75) is 62.7 Å². The monoisotopic (exact) mass is 518 g/mol. The molecule has 2 aromatic carbocycles. The Kier molecular flexibility index (Phi) is 8.87. The molecule has 6 atom stereocenters. The van der Waals surface area contributed by atoms with Crippen molar-refractivity contribution in [3.05, 3.63) is 64.2 Å². The molecule has 9 heteroatoms. The highest BCUT2D eigenvalue weighted by atomic mass is 35.5. The molecular weight excluding hydrogens is 484 g/mol. The molecule has 8 nitrogen and oxygen atoms in total. The third kappa shape index (κ3) is 5.85. The Morgan fingerprint density at radius 1 is 1.14 bits per heavy atom. The fraction of sp³-hybridized carbons (Fsp3) is 0.519. The molecule has 0 aliphatic carbocycles. The summed E-state index contributed by atoms with van der Waals surface area (Å²) < 4.78 is 11.7. The molecule has 2 aliphatic rings. The Morgan fingerprint density at radius 3 is 2.58 bits per heavy atom. The number of hydrogen-bond acceptors (Lipinski definition) is 7. The number of hydrogen-bond donors (Lipinski definition) is 4. The summed E-state index contributed by atoms with van der Waals surface area (Å²) in [6, 6.07) is 12.9. The first-order valence-corrected chi connectivity index (χ1v) is 12.9. The minimum absolute atomic E-state index is 0.0773. The third-order valence-corrected chi connectivity index (χ3v) is 7.44. The number of aliphatic hydroxyl groups is 3. The molecule has 36 heavy (non-hydrogen) atoms. The quantitative estimate of drug-likeness (QED) is 0.423. The van der Waals surface area contributed by atoms with Crippen LogP contribution in [0.1, 0.15) is 42.6 Å². The molecule has 196 valence electrons. The Bertz CT molecular complexity index is 1040. The van der Waals surface area contributed by atoms with Crippen LogP contribution in [0, 0.1) is 0 Å². The molecule has 4 N–H and O–H groups in total. The molecule has 0 aromatic heterocycles. The number of ether oxygens (including phenoxy) is 2. The topological polar surface area (TPSA) is 111 Å². The zero-order valence-electron chi connectivity index (χ0n) is 20.6. The number of rotatable bonds is 8. The summed E-state index contributed by atoms with van der Waals surface area (Å²) in [6.07, 6.45) is -3.46. The molecule has 2 aliphatic heterocycles. The maximum atomic E-state index is 12.3. The van der Waals surface area contributed by atoms with Crippen LogP contribution >= 0.6 is 11.6 Å². The van der Waals surface area contributed by atoms with Crippen molar-refractivity contribution in [2.24, 2.45) is 0 Å². The molecule has 1 unspecified atom stereocenters. The molecular formula is C27H35ClN2O6. The number of likely N-dealkylation sites (tertiary alicyclic amines) is 1. The molecule has 0 saturated carbocycles. The first kappa shape index (κ1) is 26.9. The first-order valence-electron chi connectivity index (χ1n) is 12.5. The van der Waals surface area contributed by atoms with Crippen molar-refractivity contribution in [1.82, 2.24) is 10.2 Å². The molecule has 2 heterocycles. The normalized spacial score (nSPS) is 28.7. The van der Waals surface area contributed by atoms with E-state index in [9.17, 15) is 20.1 Å². The summed E-state index contributed by atoms with van der Waals surface area (Å²) in [7, 11) is 1.60. The minimum atomic E-state index is -1.39.